The minimum Gasteiger partial charge on any atom is -0.459 e. The maximum atomic E-state index is 14.7. The minimum absolute atomic E-state index is 0.0375. The largest absolute Gasteiger partial charge is 0.459 e. The van der Waals surface area contributed by atoms with E-state index < -0.39 is 163 Å². The molecule has 23 N–H and O–H groups in total. The highest BCUT2D eigenvalue weighted by molar-refractivity contribution is 5.99. The Bertz CT molecular complexity index is 2560. The second-order valence-electron chi connectivity index (χ2n) is 24.1. The molecule has 0 aliphatic carbocycles. The Hall–Kier alpha value is -7.42. The SMILES string of the molecule is CC[C@H](C)CCCCC(=O)N[C@@H](CCN)C(=O)N[C@H](C(=O)N[C@@H](CCN)C(=O)N[C@H]1CCNC(=O)[C@H]([C@@H](C)O)NC(=O)[C@H](CCN)NC(=O)[C@H](CCN)NC(=O)[C@H](CC(C)C)NC(=O)[C@@H](Cc2ccccc2)NC(=O)[C@H](CCN)NC1=O)[C@@H](C)OC(=O)[C@@H]1CCCN1. The Kier molecular flexibility index (Phi) is 35.9. The number of aliphatic hydroxyl groups is 1. The number of benzene rings is 1. The Morgan fingerprint density at radius 1 is 0.587 bits per heavy atom. The smallest absolute Gasteiger partial charge is 0.323 e. The van der Waals surface area contributed by atoms with Crippen molar-refractivity contribution in [1.82, 2.24) is 63.8 Å². The maximum absolute atomic E-state index is 14.7. The first-order valence-corrected chi connectivity index (χ1v) is 32.3. The third-order valence-corrected chi connectivity index (χ3v) is 15.9. The van der Waals surface area contributed by atoms with E-state index in [1.54, 1.807) is 44.2 Å². The molecular weight excluding hydrogens is 1190 g/mol. The van der Waals surface area contributed by atoms with Gasteiger partial charge in [-0.25, -0.2) is 0 Å². The van der Waals surface area contributed by atoms with E-state index in [9.17, 15) is 62.6 Å². The van der Waals surface area contributed by atoms with Gasteiger partial charge in [0, 0.05) is 19.4 Å². The van der Waals surface area contributed by atoms with Crippen LogP contribution in [0.4, 0.5) is 0 Å². The zero-order valence-corrected chi connectivity index (χ0v) is 54.2. The summed E-state index contributed by atoms with van der Waals surface area (Å²) in [5.74, 6) is -10.3. The summed E-state index contributed by atoms with van der Waals surface area (Å²) in [5, 5.41) is 42.4. The van der Waals surface area contributed by atoms with Gasteiger partial charge in [0.25, 0.3) is 0 Å². The van der Waals surface area contributed by atoms with Crippen LogP contribution in [0.5, 0.6) is 0 Å². The third-order valence-electron chi connectivity index (χ3n) is 15.9. The second-order valence-corrected chi connectivity index (χ2v) is 24.1. The molecule has 0 spiro atoms. The molecule has 0 saturated carbocycles. The summed E-state index contributed by atoms with van der Waals surface area (Å²) in [7, 11) is 0. The van der Waals surface area contributed by atoms with Gasteiger partial charge in [0.2, 0.25) is 65.0 Å². The van der Waals surface area contributed by atoms with Crippen LogP contribution < -0.4 is 92.5 Å². The average molecular weight is 1300 g/mol. The summed E-state index contributed by atoms with van der Waals surface area (Å²) in [6.07, 6.45) is -0.00222. The van der Waals surface area contributed by atoms with E-state index in [0.717, 1.165) is 19.3 Å². The molecule has 0 aromatic heterocycles. The number of esters is 1. The normalized spacial score (nSPS) is 23.6. The summed E-state index contributed by atoms with van der Waals surface area (Å²) in [5.41, 5.74) is 30.2. The fourth-order valence-electron chi connectivity index (χ4n) is 10.3. The van der Waals surface area contributed by atoms with E-state index in [1.165, 1.54) is 13.8 Å². The van der Waals surface area contributed by atoms with Crippen LogP contribution in [-0.4, -0.2) is 201 Å². The number of rotatable bonds is 31. The van der Waals surface area contributed by atoms with Gasteiger partial charge < -0.3 is 102 Å². The lowest BCUT2D eigenvalue weighted by Gasteiger charge is -2.30. The zero-order chi connectivity index (χ0) is 68.5. The first kappa shape index (κ1) is 78.8. The molecule has 0 radical (unpaired) electrons. The molecule has 92 heavy (non-hydrogen) atoms. The van der Waals surface area contributed by atoms with Crippen molar-refractivity contribution in [1.29, 1.82) is 0 Å². The molecule has 14 atom stereocenters. The van der Waals surface area contributed by atoms with Gasteiger partial charge in [0.1, 0.15) is 72.6 Å². The van der Waals surface area contributed by atoms with Crippen molar-refractivity contribution in [3.63, 3.8) is 0 Å². The van der Waals surface area contributed by atoms with Gasteiger partial charge in [-0.2, -0.15) is 0 Å². The van der Waals surface area contributed by atoms with Crippen LogP contribution in [0, 0.1) is 11.8 Å². The van der Waals surface area contributed by atoms with Crippen LogP contribution in [-0.2, 0) is 68.7 Å². The first-order valence-electron chi connectivity index (χ1n) is 32.3. The molecule has 11 amide bonds. The quantitative estimate of drug-likeness (QED) is 0.0245. The van der Waals surface area contributed by atoms with E-state index in [2.05, 4.69) is 77.6 Å². The number of ether oxygens (including phenoxy) is 1. The third kappa shape index (κ3) is 27.4. The summed E-state index contributed by atoms with van der Waals surface area (Å²) >= 11 is 0. The van der Waals surface area contributed by atoms with Gasteiger partial charge in [-0.15, -0.1) is 0 Å². The fraction of sp³-hybridized carbons (Fsp3) is 0.705. The zero-order valence-electron chi connectivity index (χ0n) is 54.2. The van der Waals surface area contributed by atoms with Gasteiger partial charge in [0.15, 0.2) is 0 Å². The number of nitrogens with one attached hydrogen (secondary N) is 12. The van der Waals surface area contributed by atoms with E-state index in [1.807, 2.05) is 0 Å². The predicted molar refractivity (Wildman–Crippen MR) is 341 cm³/mol. The molecule has 2 saturated heterocycles. The summed E-state index contributed by atoms with van der Waals surface area (Å²) < 4.78 is 5.74. The molecule has 0 unspecified atom stereocenters. The standard InChI is InChI=1S/C61H105N17O14/c1-7-35(4)14-11-12-18-48(80)69-39(19-25-62)55(85)78-50(37(6)92-61(91)45-17-13-30-67-45)60(90)74-42(22-28-65)52(82)73-44-24-31-68-59(89)49(36(5)79)77-56(86)43(23-29-66)71-51(81)40(20-26-63)72-57(87)46(32-34(2)3)75-58(88)47(33-38-15-9-8-10-16-38)76-53(83)41(21-27-64)70-54(44)84/h8-10,15-16,34-37,39-47,49-50,67,79H,7,11-14,17-33,62-66H2,1-6H3,(H,68,89)(H,69,80)(H,70,84)(H,71,81)(H,72,87)(H,73,82)(H,74,90)(H,75,88)(H,76,83)(H,77,86)(H,78,85)/t35-,36+,37+,39-,40-,41-,42-,43-,44-,45-,46-,47+,49-,50-/m0/s1. The summed E-state index contributed by atoms with van der Waals surface area (Å²) in [4.78, 5) is 170. The monoisotopic (exact) mass is 1300 g/mol. The van der Waals surface area contributed by atoms with Crippen LogP contribution in [0.2, 0.25) is 0 Å². The van der Waals surface area contributed by atoms with Crippen molar-refractivity contribution in [3.8, 4) is 0 Å². The van der Waals surface area contributed by atoms with Gasteiger partial charge in [-0.05, 0) is 135 Å². The molecule has 3 rings (SSSR count). The Balaban J connectivity index is 2.13. The number of nitrogens with two attached hydrogens (primary N) is 5. The maximum Gasteiger partial charge on any atom is 0.323 e. The summed E-state index contributed by atoms with van der Waals surface area (Å²) in [6.45, 7) is 9.59. The van der Waals surface area contributed by atoms with Crippen molar-refractivity contribution in [2.24, 2.45) is 40.5 Å². The lowest BCUT2D eigenvalue weighted by Crippen LogP contribution is -2.62. The molecule has 2 heterocycles. The molecule has 518 valence electrons. The lowest BCUT2D eigenvalue weighted by atomic mass is 10.00. The van der Waals surface area contributed by atoms with Gasteiger partial charge in [-0.1, -0.05) is 77.3 Å². The first-order chi connectivity index (χ1) is 43.8. The molecule has 31 heteroatoms. The molecule has 0 bridgehead atoms. The highest BCUT2D eigenvalue weighted by Crippen LogP contribution is 2.15. The lowest BCUT2D eigenvalue weighted by molar-refractivity contribution is -0.154. The average Bonchev–Trinajstić information content (AvgIpc) is 1.38. The van der Waals surface area contributed by atoms with Gasteiger partial charge >= 0.3 is 5.97 Å². The highest BCUT2D eigenvalue weighted by atomic mass is 16.5. The fourth-order valence-corrected chi connectivity index (χ4v) is 10.3. The number of carbonyl (C=O) groups excluding carboxylic acids is 12. The number of unbranched alkanes of at least 4 members (excludes halogenated alkanes) is 1. The second kappa shape index (κ2) is 41.9. The van der Waals surface area contributed by atoms with E-state index in [0.29, 0.717) is 37.3 Å². The van der Waals surface area contributed by atoms with Crippen LogP contribution in [0.25, 0.3) is 0 Å². The molecule has 2 aliphatic heterocycles. The molecule has 31 nitrogen and oxygen atoms in total. The molecule has 1 aromatic carbocycles. The van der Waals surface area contributed by atoms with Gasteiger partial charge in [0.05, 0.1) is 6.10 Å². The van der Waals surface area contributed by atoms with Crippen LogP contribution >= 0.6 is 0 Å². The number of aliphatic hydroxyl groups excluding tert-OH is 1. The number of hydrogen-bond acceptors (Lipinski definition) is 20. The number of amides is 11. The molecule has 2 aliphatic rings. The highest BCUT2D eigenvalue weighted by Gasteiger charge is 2.39. The van der Waals surface area contributed by atoms with Crippen LogP contribution in [0.1, 0.15) is 137 Å². The predicted octanol–water partition coefficient (Wildman–Crippen LogP) is -4.94. The van der Waals surface area contributed by atoms with E-state index in [4.69, 9.17) is 33.4 Å². The summed E-state index contributed by atoms with van der Waals surface area (Å²) in [6, 6.07) is -7.17. The Labute approximate surface area is 539 Å². The molecule has 1 aromatic rings. The topological polar surface area (TPSA) is 509 Å². The van der Waals surface area contributed by atoms with Crippen molar-refractivity contribution in [2.45, 2.75) is 217 Å². The Morgan fingerprint density at radius 2 is 1.12 bits per heavy atom. The van der Waals surface area contributed by atoms with E-state index in [-0.39, 0.29) is 90.0 Å². The van der Waals surface area contributed by atoms with Crippen LogP contribution in [0.15, 0.2) is 30.3 Å². The van der Waals surface area contributed by atoms with Crippen molar-refractivity contribution in [3.05, 3.63) is 35.9 Å². The number of carbonyl (C=O) groups is 12. The number of hydrogen-bond donors (Lipinski definition) is 18. The molecular formula is C61H105N17O14. The minimum atomic E-state index is -1.71. The van der Waals surface area contributed by atoms with Crippen molar-refractivity contribution < 1.29 is 67.4 Å². The van der Waals surface area contributed by atoms with E-state index >= 15 is 0 Å². The van der Waals surface area contributed by atoms with Gasteiger partial charge in [-0.3, -0.25) is 57.5 Å². The Morgan fingerprint density at radius 3 is 1.65 bits per heavy atom. The van der Waals surface area contributed by atoms with Crippen molar-refractivity contribution in [2.75, 3.05) is 45.8 Å². The molecule has 2 fully saturated rings. The van der Waals surface area contributed by atoms with Crippen LogP contribution in [0.3, 0.4) is 0 Å². The van der Waals surface area contributed by atoms with Crippen molar-refractivity contribution >= 4 is 70.9 Å².